The van der Waals surface area contributed by atoms with Crippen LogP contribution in [0.4, 0.5) is 0 Å². The zero-order valence-electron chi connectivity index (χ0n) is 13.6. The molecule has 0 aromatic carbocycles. The number of thioether (sulfide) groups is 1. The molecule has 3 fully saturated rings. The van der Waals surface area contributed by atoms with Crippen LogP contribution in [-0.2, 0) is 9.59 Å². The Balaban J connectivity index is 1.39. The average Bonchev–Trinajstić information content (AvgIpc) is 3.33. The van der Waals surface area contributed by atoms with E-state index in [1.807, 2.05) is 16.7 Å². The Morgan fingerprint density at radius 2 is 2.17 bits per heavy atom. The molecule has 2 aliphatic heterocycles. The lowest BCUT2D eigenvalue weighted by molar-refractivity contribution is -0.127. The van der Waals surface area contributed by atoms with Crippen LogP contribution in [0, 0.1) is 11.8 Å². The lowest BCUT2D eigenvalue weighted by Crippen LogP contribution is -2.46. The van der Waals surface area contributed by atoms with Gasteiger partial charge in [0, 0.05) is 43.3 Å². The number of rotatable bonds is 6. The molecule has 0 aromatic rings. The van der Waals surface area contributed by atoms with Gasteiger partial charge in [-0.05, 0) is 38.2 Å². The predicted octanol–water partition coefficient (Wildman–Crippen LogP) is 1.36. The predicted molar refractivity (Wildman–Crippen MR) is 93.0 cm³/mol. The first-order valence-corrected chi connectivity index (χ1v) is 9.79. The number of hydrogen-bond acceptors (Lipinski definition) is 4. The van der Waals surface area contributed by atoms with Gasteiger partial charge in [-0.1, -0.05) is 6.58 Å². The van der Waals surface area contributed by atoms with E-state index in [1.165, 1.54) is 12.5 Å². The van der Waals surface area contributed by atoms with Crippen molar-refractivity contribution in [3.8, 4) is 0 Å². The van der Waals surface area contributed by atoms with Crippen molar-refractivity contribution in [1.29, 1.82) is 0 Å². The molecule has 3 unspecified atom stereocenters. The first-order valence-electron chi connectivity index (χ1n) is 8.74. The van der Waals surface area contributed by atoms with E-state index in [0.717, 1.165) is 51.1 Å². The summed E-state index contributed by atoms with van der Waals surface area (Å²) >= 11 is 1.97. The van der Waals surface area contributed by atoms with Gasteiger partial charge in [-0.3, -0.25) is 9.59 Å². The van der Waals surface area contributed by atoms with Crippen molar-refractivity contribution in [2.75, 3.05) is 25.4 Å². The van der Waals surface area contributed by atoms with E-state index in [9.17, 15) is 9.59 Å². The van der Waals surface area contributed by atoms with Gasteiger partial charge in [0.2, 0.25) is 11.8 Å². The highest BCUT2D eigenvalue weighted by molar-refractivity contribution is 8.00. The second-order valence-electron chi connectivity index (χ2n) is 6.86. The van der Waals surface area contributed by atoms with Gasteiger partial charge in [0.25, 0.3) is 0 Å². The Morgan fingerprint density at radius 1 is 1.35 bits per heavy atom. The number of piperidine rings is 1. The molecule has 23 heavy (non-hydrogen) atoms. The van der Waals surface area contributed by atoms with Crippen molar-refractivity contribution >= 4 is 23.6 Å². The molecule has 0 bridgehead atoms. The van der Waals surface area contributed by atoms with E-state index in [-0.39, 0.29) is 11.8 Å². The zero-order chi connectivity index (χ0) is 16.2. The van der Waals surface area contributed by atoms with Crippen molar-refractivity contribution in [3.63, 3.8) is 0 Å². The quantitative estimate of drug-likeness (QED) is 0.719. The van der Waals surface area contributed by atoms with Crippen LogP contribution < -0.4 is 10.6 Å². The minimum atomic E-state index is 0.0528. The number of likely N-dealkylation sites (tertiary alicyclic amines) is 1. The second kappa shape index (κ2) is 7.71. The molecule has 3 aliphatic rings. The number of nitrogens with one attached hydrogen (secondary N) is 2. The van der Waals surface area contributed by atoms with Gasteiger partial charge in [0.15, 0.2) is 0 Å². The fourth-order valence-electron chi connectivity index (χ4n) is 3.43. The van der Waals surface area contributed by atoms with Gasteiger partial charge in [0.05, 0.1) is 5.37 Å². The Labute approximate surface area is 142 Å². The van der Waals surface area contributed by atoms with Crippen LogP contribution >= 0.6 is 11.8 Å². The van der Waals surface area contributed by atoms with E-state index in [2.05, 4.69) is 17.2 Å². The van der Waals surface area contributed by atoms with Crippen LogP contribution in [0.25, 0.3) is 0 Å². The number of nitrogens with zero attached hydrogens (tertiary/aromatic N) is 1. The van der Waals surface area contributed by atoms with Gasteiger partial charge < -0.3 is 15.5 Å². The fraction of sp³-hybridized carbons (Fsp3) is 0.765. The Bertz CT molecular complexity index is 467. The number of carbonyl (C=O) groups excluding carboxylic acids is 2. The molecule has 1 saturated carbocycles. The Morgan fingerprint density at radius 3 is 2.91 bits per heavy atom. The lowest BCUT2D eigenvalue weighted by Gasteiger charge is -2.35. The summed E-state index contributed by atoms with van der Waals surface area (Å²) in [5, 5.41) is 7.18. The summed E-state index contributed by atoms with van der Waals surface area (Å²) in [6.07, 6.45) is 6.79. The molecule has 5 nitrogen and oxygen atoms in total. The summed E-state index contributed by atoms with van der Waals surface area (Å²) in [6, 6.07) is 0.468. The van der Waals surface area contributed by atoms with E-state index in [4.69, 9.17) is 0 Å². The molecular weight excluding hydrogens is 310 g/mol. The molecule has 3 atom stereocenters. The normalized spacial score (nSPS) is 31.0. The van der Waals surface area contributed by atoms with Crippen LogP contribution in [-0.4, -0.2) is 53.5 Å². The second-order valence-corrected chi connectivity index (χ2v) is 8.04. The molecule has 2 saturated heterocycles. The fourth-order valence-corrected chi connectivity index (χ4v) is 4.92. The highest BCUT2D eigenvalue weighted by Gasteiger charge is 2.34. The lowest BCUT2D eigenvalue weighted by atomic mass is 9.97. The average molecular weight is 337 g/mol. The van der Waals surface area contributed by atoms with Crippen molar-refractivity contribution in [2.45, 2.75) is 43.5 Å². The maximum absolute atomic E-state index is 11.8. The number of carbonyl (C=O) groups is 2. The maximum Gasteiger partial charge on any atom is 0.245 e. The molecule has 0 aromatic heterocycles. The van der Waals surface area contributed by atoms with E-state index < -0.39 is 0 Å². The third-order valence-electron chi connectivity index (χ3n) is 4.99. The van der Waals surface area contributed by atoms with Crippen molar-refractivity contribution in [1.82, 2.24) is 15.5 Å². The smallest absolute Gasteiger partial charge is 0.245 e. The van der Waals surface area contributed by atoms with Crippen molar-refractivity contribution in [3.05, 3.63) is 12.7 Å². The summed E-state index contributed by atoms with van der Waals surface area (Å²) in [6.45, 7) is 6.05. The van der Waals surface area contributed by atoms with E-state index in [0.29, 0.717) is 23.3 Å². The third kappa shape index (κ3) is 4.51. The van der Waals surface area contributed by atoms with Crippen molar-refractivity contribution in [2.24, 2.45) is 11.8 Å². The standard InChI is InChI=1S/C17H27N3O2S/c1-2-15(21)20-9-3-4-13(10-20)17-19-14(11-23-17)7-8-18-16(22)12-5-6-12/h2,12-14,17,19H,1,3-11H2,(H,18,22). The van der Waals surface area contributed by atoms with Gasteiger partial charge in [0.1, 0.15) is 0 Å². The van der Waals surface area contributed by atoms with Gasteiger partial charge >= 0.3 is 0 Å². The van der Waals surface area contributed by atoms with Crippen LogP contribution in [0.1, 0.15) is 32.1 Å². The van der Waals surface area contributed by atoms with Crippen LogP contribution in [0.2, 0.25) is 0 Å². The minimum Gasteiger partial charge on any atom is -0.356 e. The van der Waals surface area contributed by atoms with Crippen LogP contribution in [0.15, 0.2) is 12.7 Å². The molecule has 2 N–H and O–H groups in total. The van der Waals surface area contributed by atoms with Gasteiger partial charge in [-0.25, -0.2) is 0 Å². The first kappa shape index (κ1) is 16.8. The summed E-state index contributed by atoms with van der Waals surface area (Å²) in [7, 11) is 0. The number of hydrogen-bond donors (Lipinski definition) is 2. The van der Waals surface area contributed by atoms with Crippen molar-refractivity contribution < 1.29 is 9.59 Å². The van der Waals surface area contributed by atoms with E-state index in [1.54, 1.807) is 0 Å². The van der Waals surface area contributed by atoms with Crippen LogP contribution in [0.5, 0.6) is 0 Å². The molecular formula is C17H27N3O2S. The Hall–Kier alpha value is -1.01. The molecule has 6 heteroatoms. The summed E-state index contributed by atoms with van der Waals surface area (Å²) in [5.41, 5.74) is 0. The topological polar surface area (TPSA) is 61.4 Å². The third-order valence-corrected chi connectivity index (χ3v) is 6.46. The summed E-state index contributed by atoms with van der Waals surface area (Å²) in [5.74, 6) is 2.19. The van der Waals surface area contributed by atoms with Gasteiger partial charge in [-0.15, -0.1) is 11.8 Å². The molecule has 128 valence electrons. The Kier molecular flexibility index (Phi) is 5.64. The molecule has 0 radical (unpaired) electrons. The number of amides is 2. The molecule has 3 rings (SSSR count). The minimum absolute atomic E-state index is 0.0528. The highest BCUT2D eigenvalue weighted by atomic mass is 32.2. The van der Waals surface area contributed by atoms with Gasteiger partial charge in [-0.2, -0.15) is 0 Å². The first-order chi connectivity index (χ1) is 11.2. The SMILES string of the molecule is C=CC(=O)N1CCCC(C2NC(CCNC(=O)C3CC3)CS2)C1. The summed E-state index contributed by atoms with van der Waals surface area (Å²) in [4.78, 5) is 25.4. The largest absolute Gasteiger partial charge is 0.356 e. The zero-order valence-corrected chi connectivity index (χ0v) is 14.4. The molecule has 0 spiro atoms. The highest BCUT2D eigenvalue weighted by Crippen LogP contribution is 2.32. The van der Waals surface area contributed by atoms with E-state index >= 15 is 0 Å². The summed E-state index contributed by atoms with van der Waals surface area (Å²) < 4.78 is 0. The maximum atomic E-state index is 11.8. The monoisotopic (exact) mass is 337 g/mol. The molecule has 2 heterocycles. The molecule has 2 amide bonds. The van der Waals surface area contributed by atoms with Crippen LogP contribution in [0.3, 0.4) is 0 Å². The molecule has 1 aliphatic carbocycles.